The van der Waals surface area contributed by atoms with Crippen LogP contribution in [0.5, 0.6) is 5.75 Å². The molecule has 1 atom stereocenters. The van der Waals surface area contributed by atoms with E-state index in [1.54, 1.807) is 19.3 Å². The van der Waals surface area contributed by atoms with Crippen molar-refractivity contribution in [2.24, 2.45) is 5.92 Å². The SMILES string of the molecule is COc1ccc(C)cc1/C=C/C(=O)NC(C)C1CC1. The van der Waals surface area contributed by atoms with Crippen LogP contribution in [0.3, 0.4) is 0 Å². The molecule has 1 aromatic carbocycles. The summed E-state index contributed by atoms with van der Waals surface area (Å²) >= 11 is 0. The standard InChI is InChI=1S/C16H21NO2/c1-11-4-8-15(19-3)14(10-11)7-9-16(18)17-12(2)13-5-6-13/h4,7-10,12-13H,5-6H2,1-3H3,(H,17,18)/b9-7+. The number of benzene rings is 1. The summed E-state index contributed by atoms with van der Waals surface area (Å²) in [7, 11) is 1.64. The van der Waals surface area contributed by atoms with Crippen molar-refractivity contribution in [2.75, 3.05) is 7.11 Å². The molecule has 1 aliphatic carbocycles. The van der Waals surface area contributed by atoms with Crippen molar-refractivity contribution in [3.63, 3.8) is 0 Å². The largest absolute Gasteiger partial charge is 0.496 e. The first-order chi connectivity index (χ1) is 9.10. The van der Waals surface area contributed by atoms with Crippen LogP contribution in [0, 0.1) is 12.8 Å². The van der Waals surface area contributed by atoms with Crippen LogP contribution >= 0.6 is 0 Å². The van der Waals surface area contributed by atoms with E-state index in [2.05, 4.69) is 12.2 Å². The van der Waals surface area contributed by atoms with E-state index in [-0.39, 0.29) is 11.9 Å². The van der Waals surface area contributed by atoms with E-state index in [1.165, 1.54) is 12.8 Å². The Morgan fingerprint density at radius 3 is 2.84 bits per heavy atom. The summed E-state index contributed by atoms with van der Waals surface area (Å²) in [6.45, 7) is 4.09. The van der Waals surface area contributed by atoms with E-state index in [0.29, 0.717) is 5.92 Å². The molecule has 1 unspecified atom stereocenters. The summed E-state index contributed by atoms with van der Waals surface area (Å²) in [5.74, 6) is 1.42. The second-order valence-electron chi connectivity index (χ2n) is 5.21. The highest BCUT2D eigenvalue weighted by atomic mass is 16.5. The number of rotatable bonds is 5. The number of carbonyl (C=O) groups excluding carboxylic acids is 1. The van der Waals surface area contributed by atoms with E-state index >= 15 is 0 Å². The van der Waals surface area contributed by atoms with Crippen molar-refractivity contribution < 1.29 is 9.53 Å². The van der Waals surface area contributed by atoms with E-state index < -0.39 is 0 Å². The molecule has 3 heteroatoms. The van der Waals surface area contributed by atoms with Gasteiger partial charge in [0.05, 0.1) is 7.11 Å². The summed E-state index contributed by atoms with van der Waals surface area (Å²) in [6.07, 6.45) is 5.85. The molecule has 0 aromatic heterocycles. The fraction of sp³-hybridized carbons (Fsp3) is 0.438. The van der Waals surface area contributed by atoms with Crippen LogP contribution in [-0.2, 0) is 4.79 Å². The van der Waals surface area contributed by atoms with Gasteiger partial charge in [0.1, 0.15) is 5.75 Å². The van der Waals surface area contributed by atoms with Crippen LogP contribution in [0.4, 0.5) is 0 Å². The van der Waals surface area contributed by atoms with Crippen LogP contribution in [0.25, 0.3) is 6.08 Å². The third kappa shape index (κ3) is 3.85. The lowest BCUT2D eigenvalue weighted by atomic mass is 10.1. The lowest BCUT2D eigenvalue weighted by molar-refractivity contribution is -0.117. The number of carbonyl (C=O) groups is 1. The molecule has 2 rings (SSSR count). The van der Waals surface area contributed by atoms with Gasteiger partial charge in [-0.05, 0) is 50.8 Å². The van der Waals surface area contributed by atoms with Gasteiger partial charge in [-0.1, -0.05) is 11.6 Å². The monoisotopic (exact) mass is 259 g/mol. The summed E-state index contributed by atoms with van der Waals surface area (Å²) in [5.41, 5.74) is 2.07. The first-order valence-corrected chi connectivity index (χ1v) is 6.73. The number of hydrogen-bond acceptors (Lipinski definition) is 2. The minimum Gasteiger partial charge on any atom is -0.496 e. The van der Waals surface area contributed by atoms with Gasteiger partial charge in [0.2, 0.25) is 5.91 Å². The molecule has 1 N–H and O–H groups in total. The van der Waals surface area contributed by atoms with Gasteiger partial charge < -0.3 is 10.1 Å². The minimum atomic E-state index is -0.0389. The average Bonchev–Trinajstić information content (AvgIpc) is 3.20. The Hall–Kier alpha value is -1.77. The Kier molecular flexibility index (Phi) is 4.25. The summed E-state index contributed by atoms with van der Waals surface area (Å²) < 4.78 is 5.28. The molecule has 19 heavy (non-hydrogen) atoms. The van der Waals surface area contributed by atoms with E-state index in [4.69, 9.17) is 4.74 Å². The molecule has 0 heterocycles. The molecule has 0 aliphatic heterocycles. The molecular weight excluding hydrogens is 238 g/mol. The number of amides is 1. The topological polar surface area (TPSA) is 38.3 Å². The molecular formula is C16H21NO2. The Morgan fingerprint density at radius 2 is 2.21 bits per heavy atom. The maximum atomic E-state index is 11.8. The number of ether oxygens (including phenoxy) is 1. The zero-order chi connectivity index (χ0) is 13.8. The lowest BCUT2D eigenvalue weighted by Crippen LogP contribution is -2.32. The molecule has 1 aromatic rings. The highest BCUT2D eigenvalue weighted by Crippen LogP contribution is 2.32. The van der Waals surface area contributed by atoms with Gasteiger partial charge in [-0.2, -0.15) is 0 Å². The Labute approximate surface area is 114 Å². The van der Waals surface area contributed by atoms with Crippen molar-refractivity contribution >= 4 is 12.0 Å². The van der Waals surface area contributed by atoms with E-state index in [0.717, 1.165) is 16.9 Å². The van der Waals surface area contributed by atoms with Crippen molar-refractivity contribution in [1.29, 1.82) is 0 Å². The van der Waals surface area contributed by atoms with Crippen molar-refractivity contribution in [1.82, 2.24) is 5.32 Å². The predicted molar refractivity (Wildman–Crippen MR) is 77.1 cm³/mol. The fourth-order valence-electron chi connectivity index (χ4n) is 2.14. The Morgan fingerprint density at radius 1 is 1.47 bits per heavy atom. The third-order valence-electron chi connectivity index (χ3n) is 3.50. The minimum absolute atomic E-state index is 0.0389. The highest BCUT2D eigenvalue weighted by Gasteiger charge is 2.28. The fourth-order valence-corrected chi connectivity index (χ4v) is 2.14. The molecule has 0 spiro atoms. The van der Waals surface area contributed by atoms with E-state index in [9.17, 15) is 4.79 Å². The summed E-state index contributed by atoms with van der Waals surface area (Å²) in [4.78, 5) is 11.8. The van der Waals surface area contributed by atoms with Crippen LogP contribution < -0.4 is 10.1 Å². The zero-order valence-corrected chi connectivity index (χ0v) is 11.8. The molecule has 0 radical (unpaired) electrons. The second kappa shape index (κ2) is 5.91. The van der Waals surface area contributed by atoms with E-state index in [1.807, 2.05) is 25.1 Å². The Balaban J connectivity index is 2.00. The van der Waals surface area contributed by atoms with Crippen LogP contribution in [-0.4, -0.2) is 19.1 Å². The van der Waals surface area contributed by atoms with Gasteiger partial charge in [-0.3, -0.25) is 4.79 Å². The third-order valence-corrected chi connectivity index (χ3v) is 3.50. The first kappa shape index (κ1) is 13.7. The van der Waals surface area contributed by atoms with Crippen LogP contribution in [0.1, 0.15) is 30.9 Å². The number of nitrogens with one attached hydrogen (secondary N) is 1. The summed E-state index contributed by atoms with van der Waals surface area (Å²) in [6, 6.07) is 6.19. The zero-order valence-electron chi connectivity index (χ0n) is 11.8. The maximum Gasteiger partial charge on any atom is 0.244 e. The van der Waals surface area contributed by atoms with Crippen LogP contribution in [0.15, 0.2) is 24.3 Å². The second-order valence-corrected chi connectivity index (χ2v) is 5.21. The number of aryl methyl sites for hydroxylation is 1. The molecule has 1 aliphatic rings. The number of methoxy groups -OCH3 is 1. The van der Waals surface area contributed by atoms with Gasteiger partial charge in [-0.25, -0.2) is 0 Å². The number of hydrogen-bond donors (Lipinski definition) is 1. The quantitative estimate of drug-likeness (QED) is 0.826. The molecule has 1 amide bonds. The van der Waals surface area contributed by atoms with Crippen molar-refractivity contribution in [3.8, 4) is 5.75 Å². The first-order valence-electron chi connectivity index (χ1n) is 6.73. The molecule has 0 saturated heterocycles. The van der Waals surface area contributed by atoms with Crippen molar-refractivity contribution in [2.45, 2.75) is 32.7 Å². The van der Waals surface area contributed by atoms with Gasteiger partial charge in [-0.15, -0.1) is 0 Å². The van der Waals surface area contributed by atoms with Crippen molar-refractivity contribution in [3.05, 3.63) is 35.4 Å². The van der Waals surface area contributed by atoms with Gasteiger partial charge >= 0.3 is 0 Å². The molecule has 0 bridgehead atoms. The summed E-state index contributed by atoms with van der Waals surface area (Å²) in [5, 5.41) is 3.00. The van der Waals surface area contributed by atoms with Gasteiger partial charge in [0.15, 0.2) is 0 Å². The maximum absolute atomic E-state index is 11.8. The van der Waals surface area contributed by atoms with Crippen LogP contribution in [0.2, 0.25) is 0 Å². The normalized spacial score (nSPS) is 16.4. The highest BCUT2D eigenvalue weighted by molar-refractivity contribution is 5.92. The molecule has 3 nitrogen and oxygen atoms in total. The average molecular weight is 259 g/mol. The molecule has 102 valence electrons. The van der Waals surface area contributed by atoms with Gasteiger partial charge in [0.25, 0.3) is 0 Å². The predicted octanol–water partition coefficient (Wildman–Crippen LogP) is 2.93. The lowest BCUT2D eigenvalue weighted by Gasteiger charge is -2.10. The molecule has 1 saturated carbocycles. The van der Waals surface area contributed by atoms with Gasteiger partial charge in [0, 0.05) is 17.7 Å². The smallest absolute Gasteiger partial charge is 0.244 e. The molecule has 1 fully saturated rings. The Bertz CT molecular complexity index is 490.